The van der Waals surface area contributed by atoms with Crippen molar-refractivity contribution in [1.29, 1.82) is 0 Å². The molecule has 1 aromatic carbocycles. The minimum absolute atomic E-state index is 0.0800. The van der Waals surface area contributed by atoms with Crippen molar-refractivity contribution in [2.45, 2.75) is 26.8 Å². The third-order valence-electron chi connectivity index (χ3n) is 4.22. The van der Waals surface area contributed by atoms with Crippen molar-refractivity contribution in [3.8, 4) is 11.3 Å². The van der Waals surface area contributed by atoms with E-state index < -0.39 is 5.91 Å². The van der Waals surface area contributed by atoms with Gasteiger partial charge in [0.05, 0.1) is 0 Å². The predicted molar refractivity (Wildman–Crippen MR) is 97.5 cm³/mol. The Morgan fingerprint density at radius 3 is 2.48 bits per heavy atom. The van der Waals surface area contributed by atoms with E-state index >= 15 is 0 Å². The van der Waals surface area contributed by atoms with Crippen LogP contribution in [-0.2, 0) is 6.54 Å². The lowest BCUT2D eigenvalue weighted by Gasteiger charge is -2.17. The first kappa shape index (κ1) is 19.2. The molecule has 0 atom stereocenters. The van der Waals surface area contributed by atoms with Crippen LogP contribution in [0.2, 0.25) is 0 Å². The fraction of sp³-hybridized carbons (Fsp3) is 0.421. The number of hydrogen-bond acceptors (Lipinski definition) is 5. The number of rotatable bonds is 10. The van der Waals surface area contributed by atoms with Crippen LogP contribution in [0.3, 0.4) is 0 Å². The number of amides is 1. The molecule has 0 saturated carbocycles. The SMILES string of the molecule is CCN(CC)CCCNCc1ccc(-c2ccc(C(=O)NO)o2)cc1. The zero-order valence-corrected chi connectivity index (χ0v) is 14.9. The second-order valence-electron chi connectivity index (χ2n) is 5.86. The number of nitrogens with zero attached hydrogens (tertiary/aromatic N) is 1. The lowest BCUT2D eigenvalue weighted by molar-refractivity contribution is 0.0677. The highest BCUT2D eigenvalue weighted by atomic mass is 16.5. The Balaban J connectivity index is 1.80. The Bertz CT molecular complexity index is 648. The molecule has 2 aromatic rings. The molecule has 1 amide bonds. The Kier molecular flexibility index (Phi) is 7.66. The molecule has 0 aliphatic heterocycles. The van der Waals surface area contributed by atoms with Gasteiger partial charge in [-0.15, -0.1) is 0 Å². The molecule has 3 N–H and O–H groups in total. The summed E-state index contributed by atoms with van der Waals surface area (Å²) in [5, 5.41) is 12.1. The fourth-order valence-electron chi connectivity index (χ4n) is 2.66. The van der Waals surface area contributed by atoms with Gasteiger partial charge in [-0.2, -0.15) is 0 Å². The molecule has 0 radical (unpaired) electrons. The minimum Gasteiger partial charge on any atom is -0.451 e. The molecule has 0 aliphatic rings. The van der Waals surface area contributed by atoms with Gasteiger partial charge in [0.15, 0.2) is 5.76 Å². The largest absolute Gasteiger partial charge is 0.451 e. The van der Waals surface area contributed by atoms with E-state index in [9.17, 15) is 4.79 Å². The van der Waals surface area contributed by atoms with Gasteiger partial charge in [-0.3, -0.25) is 10.0 Å². The third kappa shape index (κ3) is 5.70. The van der Waals surface area contributed by atoms with Crippen LogP contribution in [0, 0.1) is 0 Å². The molecule has 1 aromatic heterocycles. The van der Waals surface area contributed by atoms with E-state index in [0.29, 0.717) is 5.76 Å². The van der Waals surface area contributed by atoms with Crippen molar-refractivity contribution in [1.82, 2.24) is 15.7 Å². The lowest BCUT2D eigenvalue weighted by Crippen LogP contribution is -2.27. The van der Waals surface area contributed by atoms with Gasteiger partial charge in [0.1, 0.15) is 5.76 Å². The molecular weight excluding hydrogens is 318 g/mol. The highest BCUT2D eigenvalue weighted by Crippen LogP contribution is 2.22. The molecular formula is C19H27N3O3. The Morgan fingerprint density at radius 1 is 1.12 bits per heavy atom. The molecule has 0 saturated heterocycles. The van der Waals surface area contributed by atoms with Gasteiger partial charge in [0, 0.05) is 12.1 Å². The second-order valence-corrected chi connectivity index (χ2v) is 5.86. The summed E-state index contributed by atoms with van der Waals surface area (Å²) in [6.07, 6.45) is 1.14. The van der Waals surface area contributed by atoms with Gasteiger partial charge in [0.25, 0.3) is 0 Å². The van der Waals surface area contributed by atoms with Gasteiger partial charge in [0.2, 0.25) is 0 Å². The molecule has 2 rings (SSSR count). The molecule has 0 aliphatic carbocycles. The van der Waals surface area contributed by atoms with Crippen LogP contribution in [-0.4, -0.2) is 42.2 Å². The number of benzene rings is 1. The van der Waals surface area contributed by atoms with Crippen LogP contribution in [0.1, 0.15) is 36.4 Å². The maximum absolute atomic E-state index is 11.3. The summed E-state index contributed by atoms with van der Waals surface area (Å²) in [6, 6.07) is 11.3. The van der Waals surface area contributed by atoms with E-state index in [4.69, 9.17) is 9.62 Å². The summed E-state index contributed by atoms with van der Waals surface area (Å²) in [5.74, 6) is 0.0190. The average molecular weight is 345 g/mol. The van der Waals surface area contributed by atoms with E-state index in [2.05, 4.69) is 24.1 Å². The van der Waals surface area contributed by atoms with Crippen LogP contribution in [0.15, 0.2) is 40.8 Å². The van der Waals surface area contributed by atoms with Gasteiger partial charge in [-0.25, -0.2) is 5.48 Å². The zero-order chi connectivity index (χ0) is 18.1. The van der Waals surface area contributed by atoms with E-state index in [1.54, 1.807) is 11.5 Å². The van der Waals surface area contributed by atoms with Gasteiger partial charge < -0.3 is 14.6 Å². The van der Waals surface area contributed by atoms with Gasteiger partial charge in [-0.05, 0) is 50.3 Å². The molecule has 0 fully saturated rings. The third-order valence-corrected chi connectivity index (χ3v) is 4.22. The molecule has 1 heterocycles. The highest BCUT2D eigenvalue weighted by Gasteiger charge is 2.11. The molecule has 0 unspecified atom stereocenters. The molecule has 0 bridgehead atoms. The van der Waals surface area contributed by atoms with E-state index in [-0.39, 0.29) is 5.76 Å². The van der Waals surface area contributed by atoms with Crippen LogP contribution in [0.5, 0.6) is 0 Å². The number of carbonyl (C=O) groups is 1. The monoisotopic (exact) mass is 345 g/mol. The summed E-state index contributed by atoms with van der Waals surface area (Å²) < 4.78 is 5.43. The van der Waals surface area contributed by atoms with Crippen molar-refractivity contribution in [2.24, 2.45) is 0 Å². The standard InChI is InChI=1S/C19H27N3O3/c1-3-22(4-2)13-5-12-20-14-15-6-8-16(9-7-15)17-10-11-18(25-17)19(23)21-24/h6-11,20,24H,3-5,12-14H2,1-2H3,(H,21,23). The van der Waals surface area contributed by atoms with Crippen molar-refractivity contribution in [3.63, 3.8) is 0 Å². The first-order chi connectivity index (χ1) is 12.2. The topological polar surface area (TPSA) is 77.7 Å². The summed E-state index contributed by atoms with van der Waals surface area (Å²) in [6.45, 7) is 9.54. The predicted octanol–water partition coefficient (Wildman–Crippen LogP) is 2.89. The first-order valence-electron chi connectivity index (χ1n) is 8.74. The summed E-state index contributed by atoms with van der Waals surface area (Å²) in [7, 11) is 0. The molecule has 6 nitrogen and oxygen atoms in total. The average Bonchev–Trinajstić information content (AvgIpc) is 3.14. The molecule has 25 heavy (non-hydrogen) atoms. The van der Waals surface area contributed by atoms with Crippen molar-refractivity contribution in [2.75, 3.05) is 26.2 Å². The van der Waals surface area contributed by atoms with Crippen molar-refractivity contribution < 1.29 is 14.4 Å². The van der Waals surface area contributed by atoms with Crippen molar-refractivity contribution in [3.05, 3.63) is 47.7 Å². The van der Waals surface area contributed by atoms with Crippen LogP contribution >= 0.6 is 0 Å². The Hall–Kier alpha value is -2.15. The number of hydrogen-bond donors (Lipinski definition) is 3. The fourth-order valence-corrected chi connectivity index (χ4v) is 2.66. The minimum atomic E-state index is -0.656. The smallest absolute Gasteiger partial charge is 0.310 e. The zero-order valence-electron chi connectivity index (χ0n) is 14.9. The van der Waals surface area contributed by atoms with Crippen molar-refractivity contribution >= 4 is 5.91 Å². The first-order valence-corrected chi connectivity index (χ1v) is 8.74. The number of nitrogens with one attached hydrogen (secondary N) is 2. The maximum atomic E-state index is 11.3. The van der Waals surface area contributed by atoms with Crippen LogP contribution < -0.4 is 10.8 Å². The maximum Gasteiger partial charge on any atom is 0.310 e. The quantitative estimate of drug-likeness (QED) is 0.351. The normalized spacial score (nSPS) is 11.0. The Labute approximate surface area is 148 Å². The lowest BCUT2D eigenvalue weighted by atomic mass is 10.1. The number of carbonyl (C=O) groups excluding carboxylic acids is 1. The number of hydroxylamine groups is 1. The van der Waals surface area contributed by atoms with E-state index in [0.717, 1.165) is 44.7 Å². The molecule has 0 spiro atoms. The van der Waals surface area contributed by atoms with E-state index in [1.807, 2.05) is 24.3 Å². The van der Waals surface area contributed by atoms with Crippen LogP contribution in [0.25, 0.3) is 11.3 Å². The molecule has 6 heteroatoms. The van der Waals surface area contributed by atoms with Crippen LogP contribution in [0.4, 0.5) is 0 Å². The molecule has 136 valence electrons. The Morgan fingerprint density at radius 2 is 1.84 bits per heavy atom. The second kappa shape index (κ2) is 9.98. The summed E-state index contributed by atoms with van der Waals surface area (Å²) >= 11 is 0. The van der Waals surface area contributed by atoms with Gasteiger partial charge >= 0.3 is 5.91 Å². The van der Waals surface area contributed by atoms with Gasteiger partial charge in [-0.1, -0.05) is 38.1 Å². The summed E-state index contributed by atoms with van der Waals surface area (Å²) in [5.41, 5.74) is 3.65. The number of furan rings is 1. The van der Waals surface area contributed by atoms with E-state index in [1.165, 1.54) is 11.6 Å². The highest BCUT2D eigenvalue weighted by molar-refractivity contribution is 5.91. The summed E-state index contributed by atoms with van der Waals surface area (Å²) in [4.78, 5) is 13.7.